The molecule has 1 aromatic heterocycles. The normalized spacial score (nSPS) is 17.1. The first-order chi connectivity index (χ1) is 14.2. The molecule has 0 atom stereocenters. The van der Waals surface area contributed by atoms with Gasteiger partial charge in [0.25, 0.3) is 0 Å². The van der Waals surface area contributed by atoms with Crippen molar-refractivity contribution in [3.8, 4) is 5.75 Å². The number of aryl methyl sites for hydroxylation is 1. The Hall–Kier alpha value is -1.85. The summed E-state index contributed by atoms with van der Waals surface area (Å²) in [5.41, 5.74) is 6.04. The van der Waals surface area contributed by atoms with Gasteiger partial charge >= 0.3 is 0 Å². The SMILES string of the molecule is COc1cc2c(NC(C)C)c3c(nc2cc1COCCN1CCCC1)CCCC3. The van der Waals surface area contributed by atoms with Crippen LogP contribution in [-0.2, 0) is 24.2 Å². The van der Waals surface area contributed by atoms with Crippen LogP contribution in [0.25, 0.3) is 10.9 Å². The molecule has 158 valence electrons. The number of hydrogen-bond acceptors (Lipinski definition) is 5. The highest BCUT2D eigenvalue weighted by molar-refractivity contribution is 5.95. The van der Waals surface area contributed by atoms with E-state index in [1.54, 1.807) is 7.11 Å². The molecule has 2 heterocycles. The number of aromatic nitrogens is 1. The van der Waals surface area contributed by atoms with Crippen LogP contribution in [0.1, 0.15) is 56.4 Å². The van der Waals surface area contributed by atoms with Crippen LogP contribution in [-0.4, -0.2) is 49.3 Å². The van der Waals surface area contributed by atoms with E-state index in [0.29, 0.717) is 12.6 Å². The summed E-state index contributed by atoms with van der Waals surface area (Å²) < 4.78 is 11.8. The average molecular weight is 398 g/mol. The molecular formula is C24H35N3O2. The number of benzene rings is 1. The number of likely N-dealkylation sites (tertiary alicyclic amines) is 1. The van der Waals surface area contributed by atoms with Crippen molar-refractivity contribution in [1.29, 1.82) is 0 Å². The number of anilines is 1. The zero-order chi connectivity index (χ0) is 20.2. The van der Waals surface area contributed by atoms with E-state index in [9.17, 15) is 0 Å². The van der Waals surface area contributed by atoms with Gasteiger partial charge in [0.05, 0.1) is 25.8 Å². The number of fused-ring (bicyclic) bond motifs is 2. The Balaban J connectivity index is 1.60. The van der Waals surface area contributed by atoms with Gasteiger partial charge < -0.3 is 19.7 Å². The largest absolute Gasteiger partial charge is 0.496 e. The second kappa shape index (κ2) is 9.31. The maximum Gasteiger partial charge on any atom is 0.125 e. The van der Waals surface area contributed by atoms with E-state index in [2.05, 4.69) is 36.2 Å². The van der Waals surface area contributed by atoms with Crippen molar-refractivity contribution in [2.24, 2.45) is 0 Å². The standard InChI is InChI=1S/C24H35N3O2/c1-17(2)25-24-19-8-4-5-9-21(19)26-22-14-18(23(28-3)15-20(22)24)16-29-13-12-27-10-6-7-11-27/h14-15,17H,4-13,16H2,1-3H3,(H,25,26). The maximum atomic E-state index is 6.02. The fourth-order valence-corrected chi connectivity index (χ4v) is 4.63. The molecule has 1 saturated heterocycles. The highest BCUT2D eigenvalue weighted by Crippen LogP contribution is 2.37. The summed E-state index contributed by atoms with van der Waals surface area (Å²) in [6.07, 6.45) is 7.30. The van der Waals surface area contributed by atoms with E-state index in [1.165, 1.54) is 55.7 Å². The summed E-state index contributed by atoms with van der Waals surface area (Å²) in [5, 5.41) is 4.86. The van der Waals surface area contributed by atoms with Crippen molar-refractivity contribution in [2.45, 2.75) is 65.0 Å². The second-order valence-corrected chi connectivity index (χ2v) is 8.70. The molecule has 1 N–H and O–H groups in total. The van der Waals surface area contributed by atoms with Crippen LogP contribution in [0.5, 0.6) is 5.75 Å². The topological polar surface area (TPSA) is 46.6 Å². The van der Waals surface area contributed by atoms with Crippen molar-refractivity contribution in [3.63, 3.8) is 0 Å². The minimum Gasteiger partial charge on any atom is -0.496 e. The van der Waals surface area contributed by atoms with E-state index in [-0.39, 0.29) is 0 Å². The van der Waals surface area contributed by atoms with Crippen LogP contribution in [0, 0.1) is 0 Å². The number of methoxy groups -OCH3 is 1. The van der Waals surface area contributed by atoms with E-state index in [0.717, 1.165) is 48.2 Å². The van der Waals surface area contributed by atoms with Crippen LogP contribution in [0.15, 0.2) is 12.1 Å². The number of rotatable bonds is 8. The molecule has 0 spiro atoms. The van der Waals surface area contributed by atoms with E-state index >= 15 is 0 Å². The van der Waals surface area contributed by atoms with Gasteiger partial charge in [0, 0.05) is 34.9 Å². The minimum atomic E-state index is 0.381. The second-order valence-electron chi connectivity index (χ2n) is 8.70. The molecule has 1 aliphatic carbocycles. The number of nitrogens with one attached hydrogen (secondary N) is 1. The maximum absolute atomic E-state index is 6.02. The Labute approximate surface area is 174 Å². The molecule has 0 bridgehead atoms. The first kappa shape index (κ1) is 20.4. The van der Waals surface area contributed by atoms with Gasteiger partial charge in [-0.25, -0.2) is 0 Å². The molecular weight excluding hydrogens is 362 g/mol. The smallest absolute Gasteiger partial charge is 0.125 e. The Morgan fingerprint density at radius 3 is 2.66 bits per heavy atom. The molecule has 2 aliphatic rings. The van der Waals surface area contributed by atoms with Crippen molar-refractivity contribution in [2.75, 3.05) is 38.7 Å². The molecule has 1 aliphatic heterocycles. The van der Waals surface area contributed by atoms with Gasteiger partial charge in [0.1, 0.15) is 5.75 Å². The van der Waals surface area contributed by atoms with Gasteiger partial charge in [0.15, 0.2) is 0 Å². The zero-order valence-corrected chi connectivity index (χ0v) is 18.2. The molecule has 1 fully saturated rings. The monoisotopic (exact) mass is 397 g/mol. The molecule has 0 saturated carbocycles. The summed E-state index contributed by atoms with van der Waals surface area (Å²) >= 11 is 0. The first-order valence-electron chi connectivity index (χ1n) is 11.2. The van der Waals surface area contributed by atoms with Crippen molar-refractivity contribution in [1.82, 2.24) is 9.88 Å². The fraction of sp³-hybridized carbons (Fsp3) is 0.625. The number of nitrogens with zero attached hydrogens (tertiary/aromatic N) is 2. The predicted molar refractivity (Wildman–Crippen MR) is 119 cm³/mol. The molecule has 2 aromatic rings. The summed E-state index contributed by atoms with van der Waals surface area (Å²) in [7, 11) is 1.75. The number of pyridine rings is 1. The Bertz CT molecular complexity index is 844. The molecule has 5 nitrogen and oxygen atoms in total. The summed E-state index contributed by atoms with van der Waals surface area (Å²) in [6.45, 7) is 9.16. The molecule has 0 unspecified atom stereocenters. The predicted octanol–water partition coefficient (Wildman–Crippen LogP) is 4.55. The van der Waals surface area contributed by atoms with Gasteiger partial charge in [0.2, 0.25) is 0 Å². The summed E-state index contributed by atoms with van der Waals surface area (Å²) in [4.78, 5) is 7.53. The highest BCUT2D eigenvalue weighted by Gasteiger charge is 2.20. The number of ether oxygens (including phenoxy) is 2. The van der Waals surface area contributed by atoms with Crippen molar-refractivity contribution in [3.05, 3.63) is 29.0 Å². The minimum absolute atomic E-state index is 0.381. The van der Waals surface area contributed by atoms with E-state index in [4.69, 9.17) is 14.5 Å². The third-order valence-electron chi connectivity index (χ3n) is 6.11. The third-order valence-corrected chi connectivity index (χ3v) is 6.11. The van der Waals surface area contributed by atoms with Gasteiger partial charge in [-0.05, 0) is 83.2 Å². The summed E-state index contributed by atoms with van der Waals surface area (Å²) in [6, 6.07) is 4.71. The van der Waals surface area contributed by atoms with Crippen molar-refractivity contribution < 1.29 is 9.47 Å². The summed E-state index contributed by atoms with van der Waals surface area (Å²) in [5.74, 6) is 0.892. The van der Waals surface area contributed by atoms with Gasteiger partial charge in [-0.3, -0.25) is 4.98 Å². The lowest BCUT2D eigenvalue weighted by Crippen LogP contribution is -2.23. The Morgan fingerprint density at radius 2 is 1.90 bits per heavy atom. The van der Waals surface area contributed by atoms with Gasteiger partial charge in [-0.2, -0.15) is 0 Å². The van der Waals surface area contributed by atoms with Crippen molar-refractivity contribution >= 4 is 16.6 Å². The highest BCUT2D eigenvalue weighted by atomic mass is 16.5. The lowest BCUT2D eigenvalue weighted by molar-refractivity contribution is 0.0979. The lowest BCUT2D eigenvalue weighted by Gasteiger charge is -2.24. The van der Waals surface area contributed by atoms with Gasteiger partial charge in [-0.15, -0.1) is 0 Å². The molecule has 29 heavy (non-hydrogen) atoms. The molecule has 0 radical (unpaired) electrons. The van der Waals surface area contributed by atoms with Crippen LogP contribution in [0.3, 0.4) is 0 Å². The van der Waals surface area contributed by atoms with Gasteiger partial charge in [-0.1, -0.05) is 0 Å². The Kier molecular flexibility index (Phi) is 6.56. The third kappa shape index (κ3) is 4.67. The zero-order valence-electron chi connectivity index (χ0n) is 18.2. The molecule has 1 aromatic carbocycles. The lowest BCUT2D eigenvalue weighted by atomic mass is 9.92. The molecule has 5 heteroatoms. The average Bonchev–Trinajstić information content (AvgIpc) is 3.24. The van der Waals surface area contributed by atoms with Crippen LogP contribution in [0.4, 0.5) is 5.69 Å². The molecule has 4 rings (SSSR count). The van der Waals surface area contributed by atoms with E-state index in [1.807, 2.05) is 0 Å². The van der Waals surface area contributed by atoms with Crippen LogP contribution >= 0.6 is 0 Å². The Morgan fingerprint density at radius 1 is 1.10 bits per heavy atom. The molecule has 0 amide bonds. The first-order valence-corrected chi connectivity index (χ1v) is 11.2. The fourth-order valence-electron chi connectivity index (χ4n) is 4.63. The quantitative estimate of drug-likeness (QED) is 0.662. The van der Waals surface area contributed by atoms with E-state index < -0.39 is 0 Å². The van der Waals surface area contributed by atoms with Crippen LogP contribution < -0.4 is 10.1 Å². The van der Waals surface area contributed by atoms with Crippen LogP contribution in [0.2, 0.25) is 0 Å². The number of hydrogen-bond donors (Lipinski definition) is 1.